The Balaban J connectivity index is 1.66. The van der Waals surface area contributed by atoms with Crippen LogP contribution >= 0.6 is 0 Å². The molecule has 1 fully saturated rings. The largest absolute Gasteiger partial charge is 0.356 e. The van der Waals surface area contributed by atoms with E-state index in [1.807, 2.05) is 24.3 Å². The van der Waals surface area contributed by atoms with Crippen molar-refractivity contribution >= 4 is 22.9 Å². The monoisotopic (exact) mass is 300 g/mol. The number of fused-ring (bicyclic) bond motifs is 1. The number of aromatic nitrogens is 2. The summed E-state index contributed by atoms with van der Waals surface area (Å²) in [4.78, 5) is 22.5. The number of nitrogens with one attached hydrogen (secondary N) is 2. The van der Waals surface area contributed by atoms with Gasteiger partial charge in [-0.05, 0) is 31.4 Å². The molecule has 0 bridgehead atoms. The third-order valence-electron chi connectivity index (χ3n) is 4.30. The van der Waals surface area contributed by atoms with Crippen molar-refractivity contribution in [1.82, 2.24) is 15.3 Å². The average Bonchev–Trinajstić information content (AvgIpc) is 2.99. The second-order valence-corrected chi connectivity index (χ2v) is 6.01. The molecule has 118 valence electrons. The van der Waals surface area contributed by atoms with Gasteiger partial charge in [0.05, 0.1) is 17.0 Å². The van der Waals surface area contributed by atoms with E-state index in [0.717, 1.165) is 62.3 Å². The number of carbonyl (C=O) groups is 1. The first-order valence-corrected chi connectivity index (χ1v) is 8.25. The van der Waals surface area contributed by atoms with Crippen molar-refractivity contribution in [3.63, 3.8) is 0 Å². The number of aromatic amines is 1. The summed E-state index contributed by atoms with van der Waals surface area (Å²) < 4.78 is 0. The predicted octanol–water partition coefficient (Wildman–Crippen LogP) is 2.70. The quantitative estimate of drug-likeness (QED) is 0.835. The lowest BCUT2D eigenvalue weighted by Crippen LogP contribution is -2.43. The third-order valence-corrected chi connectivity index (χ3v) is 4.30. The van der Waals surface area contributed by atoms with Gasteiger partial charge in [-0.3, -0.25) is 4.79 Å². The number of nitrogens with zero attached hydrogens (tertiary/aromatic N) is 2. The van der Waals surface area contributed by atoms with E-state index in [1.165, 1.54) is 0 Å². The van der Waals surface area contributed by atoms with Gasteiger partial charge in [-0.15, -0.1) is 0 Å². The molecule has 0 aliphatic carbocycles. The van der Waals surface area contributed by atoms with Gasteiger partial charge in [-0.25, -0.2) is 4.98 Å². The van der Waals surface area contributed by atoms with Crippen LogP contribution in [0.25, 0.3) is 11.0 Å². The summed E-state index contributed by atoms with van der Waals surface area (Å²) in [6.45, 7) is 4.63. The van der Waals surface area contributed by atoms with Gasteiger partial charge in [0.15, 0.2) is 0 Å². The summed E-state index contributed by atoms with van der Waals surface area (Å²) in [5.74, 6) is 1.14. The number of para-hydroxylation sites is 2. The molecule has 1 saturated heterocycles. The minimum atomic E-state index is 0.0684. The average molecular weight is 300 g/mol. The Kier molecular flexibility index (Phi) is 4.61. The zero-order chi connectivity index (χ0) is 15.4. The SMILES string of the molecule is CCCCNC(=O)C1CCCN(c2nc3ccccc3[nH]2)C1. The first-order chi connectivity index (χ1) is 10.8. The number of imidazole rings is 1. The Morgan fingerprint density at radius 2 is 2.32 bits per heavy atom. The fourth-order valence-electron chi connectivity index (χ4n) is 3.01. The molecule has 1 aromatic heterocycles. The molecule has 1 atom stereocenters. The molecule has 3 rings (SSSR count). The van der Waals surface area contributed by atoms with E-state index in [9.17, 15) is 4.79 Å². The first kappa shape index (κ1) is 14.9. The zero-order valence-corrected chi connectivity index (χ0v) is 13.1. The number of hydrogen-bond donors (Lipinski definition) is 2. The zero-order valence-electron chi connectivity index (χ0n) is 13.1. The summed E-state index contributed by atoms with van der Waals surface area (Å²) >= 11 is 0. The summed E-state index contributed by atoms with van der Waals surface area (Å²) in [5, 5.41) is 3.06. The van der Waals surface area contributed by atoms with Crippen molar-refractivity contribution in [3.05, 3.63) is 24.3 Å². The predicted molar refractivity (Wildman–Crippen MR) is 88.9 cm³/mol. The van der Waals surface area contributed by atoms with Crippen LogP contribution in [0.3, 0.4) is 0 Å². The van der Waals surface area contributed by atoms with Crippen LogP contribution in [0.1, 0.15) is 32.6 Å². The number of amides is 1. The van der Waals surface area contributed by atoms with Crippen LogP contribution in [0.4, 0.5) is 5.95 Å². The Labute approximate surface area is 131 Å². The number of rotatable bonds is 5. The van der Waals surface area contributed by atoms with Crippen LogP contribution in [0.15, 0.2) is 24.3 Å². The molecular weight excluding hydrogens is 276 g/mol. The van der Waals surface area contributed by atoms with E-state index in [4.69, 9.17) is 0 Å². The highest BCUT2D eigenvalue weighted by Crippen LogP contribution is 2.23. The molecule has 0 radical (unpaired) electrons. The minimum absolute atomic E-state index is 0.0684. The standard InChI is InChI=1S/C17H24N4O/c1-2-3-10-18-16(22)13-7-6-11-21(12-13)17-19-14-8-4-5-9-15(14)20-17/h4-5,8-9,13H,2-3,6-7,10-12H2,1H3,(H,18,22)(H,19,20). The summed E-state index contributed by atoms with van der Waals surface area (Å²) in [7, 11) is 0. The molecular formula is C17H24N4O. The number of piperidine rings is 1. The molecule has 1 unspecified atom stereocenters. The van der Waals surface area contributed by atoms with E-state index in [0.29, 0.717) is 0 Å². The summed E-state index contributed by atoms with van der Waals surface area (Å²) in [6, 6.07) is 8.04. The second-order valence-electron chi connectivity index (χ2n) is 6.01. The highest BCUT2D eigenvalue weighted by molar-refractivity contribution is 5.80. The van der Waals surface area contributed by atoms with Crippen LogP contribution in [-0.2, 0) is 4.79 Å². The van der Waals surface area contributed by atoms with Gasteiger partial charge in [0, 0.05) is 19.6 Å². The van der Waals surface area contributed by atoms with Gasteiger partial charge in [-0.2, -0.15) is 0 Å². The van der Waals surface area contributed by atoms with Gasteiger partial charge in [-0.1, -0.05) is 25.5 Å². The van der Waals surface area contributed by atoms with E-state index in [-0.39, 0.29) is 11.8 Å². The van der Waals surface area contributed by atoms with Crippen molar-refractivity contribution < 1.29 is 4.79 Å². The van der Waals surface area contributed by atoms with Crippen molar-refractivity contribution in [1.29, 1.82) is 0 Å². The molecule has 1 aliphatic heterocycles. The van der Waals surface area contributed by atoms with E-state index < -0.39 is 0 Å². The fraction of sp³-hybridized carbons (Fsp3) is 0.529. The molecule has 1 aliphatic rings. The Morgan fingerprint density at radius 3 is 3.14 bits per heavy atom. The number of carbonyl (C=O) groups excluding carboxylic acids is 1. The maximum Gasteiger partial charge on any atom is 0.224 e. The van der Waals surface area contributed by atoms with Gasteiger partial charge < -0.3 is 15.2 Å². The van der Waals surface area contributed by atoms with E-state index in [1.54, 1.807) is 0 Å². The van der Waals surface area contributed by atoms with Crippen LogP contribution in [0.5, 0.6) is 0 Å². The summed E-state index contributed by atoms with van der Waals surface area (Å²) in [5.41, 5.74) is 2.03. The Hall–Kier alpha value is -2.04. The molecule has 0 saturated carbocycles. The smallest absolute Gasteiger partial charge is 0.224 e. The third kappa shape index (κ3) is 3.24. The van der Waals surface area contributed by atoms with Gasteiger partial charge in [0.25, 0.3) is 0 Å². The maximum atomic E-state index is 12.3. The van der Waals surface area contributed by atoms with Gasteiger partial charge >= 0.3 is 0 Å². The second kappa shape index (κ2) is 6.81. The van der Waals surface area contributed by atoms with Crippen LogP contribution in [0, 0.1) is 5.92 Å². The Morgan fingerprint density at radius 1 is 1.45 bits per heavy atom. The molecule has 5 nitrogen and oxygen atoms in total. The number of unbranched alkanes of at least 4 members (excludes halogenated alkanes) is 1. The van der Waals surface area contributed by atoms with Gasteiger partial charge in [0.2, 0.25) is 11.9 Å². The number of anilines is 1. The highest BCUT2D eigenvalue weighted by atomic mass is 16.1. The van der Waals surface area contributed by atoms with Crippen LogP contribution in [-0.4, -0.2) is 35.5 Å². The molecule has 2 aromatic rings. The minimum Gasteiger partial charge on any atom is -0.356 e. The lowest BCUT2D eigenvalue weighted by Gasteiger charge is -2.31. The number of hydrogen-bond acceptors (Lipinski definition) is 3. The molecule has 2 heterocycles. The molecule has 0 spiro atoms. The van der Waals surface area contributed by atoms with E-state index >= 15 is 0 Å². The lowest BCUT2D eigenvalue weighted by molar-refractivity contribution is -0.125. The van der Waals surface area contributed by atoms with Crippen LogP contribution in [0.2, 0.25) is 0 Å². The van der Waals surface area contributed by atoms with Crippen molar-refractivity contribution in [3.8, 4) is 0 Å². The number of H-pyrrole nitrogens is 1. The van der Waals surface area contributed by atoms with Crippen LogP contribution < -0.4 is 10.2 Å². The van der Waals surface area contributed by atoms with Crippen molar-refractivity contribution in [2.24, 2.45) is 5.92 Å². The molecule has 5 heteroatoms. The summed E-state index contributed by atoms with van der Waals surface area (Å²) in [6.07, 6.45) is 4.15. The maximum absolute atomic E-state index is 12.3. The van der Waals surface area contributed by atoms with Gasteiger partial charge in [0.1, 0.15) is 0 Å². The van der Waals surface area contributed by atoms with Crippen molar-refractivity contribution in [2.45, 2.75) is 32.6 Å². The lowest BCUT2D eigenvalue weighted by atomic mass is 9.97. The highest BCUT2D eigenvalue weighted by Gasteiger charge is 2.27. The molecule has 1 aromatic carbocycles. The number of benzene rings is 1. The molecule has 1 amide bonds. The Bertz CT molecular complexity index is 603. The van der Waals surface area contributed by atoms with E-state index in [2.05, 4.69) is 27.1 Å². The topological polar surface area (TPSA) is 61.0 Å². The molecule has 2 N–H and O–H groups in total. The fourth-order valence-corrected chi connectivity index (χ4v) is 3.01. The molecule has 22 heavy (non-hydrogen) atoms. The first-order valence-electron chi connectivity index (χ1n) is 8.25. The van der Waals surface area contributed by atoms with Crippen molar-refractivity contribution in [2.75, 3.05) is 24.5 Å². The normalized spacial score (nSPS) is 18.6.